The zero-order chi connectivity index (χ0) is 39.1. The van der Waals surface area contributed by atoms with E-state index < -0.39 is 53.9 Å². The number of carbonyl (C=O) groups is 5. The molecule has 0 radical (unpaired) electrons. The Morgan fingerprint density at radius 3 is 1.27 bits per heavy atom. The first-order valence-corrected chi connectivity index (χ1v) is 16.7. The molecule has 0 bridgehead atoms. The van der Waals surface area contributed by atoms with Gasteiger partial charge in [-0.3, -0.25) is 9.59 Å². The summed E-state index contributed by atoms with van der Waals surface area (Å²) in [4.78, 5) is 56.6. The number of fused-ring (bicyclic) bond motifs is 2. The van der Waals surface area contributed by atoms with Gasteiger partial charge in [-0.05, 0) is 83.3 Å². The molecule has 0 aliphatic heterocycles. The lowest BCUT2D eigenvalue weighted by molar-refractivity contribution is -0.192. The predicted octanol–water partition coefficient (Wildman–Crippen LogP) is 8.32. The summed E-state index contributed by atoms with van der Waals surface area (Å²) in [6.45, 7) is 5.05. The van der Waals surface area contributed by atoms with Crippen LogP contribution in [0.5, 0.6) is 0 Å². The average Bonchev–Trinajstić information content (AvgIpc) is 3.25. The largest absolute Gasteiger partial charge is 0.490 e. The smallest absolute Gasteiger partial charge is 0.478 e. The molecule has 10 nitrogen and oxygen atoms in total. The minimum Gasteiger partial charge on any atom is -0.478 e. The van der Waals surface area contributed by atoms with E-state index in [1.165, 1.54) is 0 Å². The molecule has 0 spiro atoms. The van der Waals surface area contributed by atoms with Gasteiger partial charge in [-0.15, -0.1) is 22.7 Å². The topological polar surface area (TPSA) is 159 Å². The van der Waals surface area contributed by atoms with E-state index in [2.05, 4.69) is 0 Å². The van der Waals surface area contributed by atoms with Crippen LogP contribution in [0.4, 0.5) is 49.5 Å². The van der Waals surface area contributed by atoms with Gasteiger partial charge in [0.2, 0.25) is 0 Å². The van der Waals surface area contributed by atoms with E-state index in [0.29, 0.717) is 36.8 Å². The van der Waals surface area contributed by atoms with Crippen molar-refractivity contribution in [2.75, 3.05) is 10.6 Å². The Labute approximate surface area is 292 Å². The van der Waals surface area contributed by atoms with Crippen molar-refractivity contribution >= 4 is 62.4 Å². The Morgan fingerprint density at radius 2 is 0.941 bits per heavy atom. The van der Waals surface area contributed by atoms with Crippen LogP contribution >= 0.6 is 22.7 Å². The highest BCUT2D eigenvalue weighted by Gasteiger charge is 2.42. The maximum absolute atomic E-state index is 12.6. The summed E-state index contributed by atoms with van der Waals surface area (Å²) in [5.74, 6) is -8.98. The summed E-state index contributed by atoms with van der Waals surface area (Å²) in [6.07, 6.45) is -7.26. The summed E-state index contributed by atoms with van der Waals surface area (Å²) in [7, 11) is 0. The van der Waals surface area contributed by atoms with Crippen LogP contribution in [0.15, 0.2) is 0 Å². The fraction of sp³-hybridized carbons (Fsp3) is 0.567. The molecule has 2 aromatic heterocycles. The van der Waals surface area contributed by atoms with Crippen LogP contribution in [0.2, 0.25) is 0 Å². The number of ether oxygens (including phenoxy) is 1. The van der Waals surface area contributed by atoms with Crippen molar-refractivity contribution in [3.05, 3.63) is 32.0 Å². The van der Waals surface area contributed by atoms with E-state index in [1.54, 1.807) is 26.1 Å². The SMILES string of the molecule is CC(C)(C)OC(=O)c1c(NC(=O)C(F)(F)F)sc2c1CCCCC2.O=C(O)C(F)(F)F.O=C(O)c1c(NC(=O)C(F)(F)F)sc2c1CCCCC2. The molecule has 286 valence electrons. The second-order valence-corrected chi connectivity index (χ2v) is 14.3. The second-order valence-electron chi connectivity index (χ2n) is 12.1. The lowest BCUT2D eigenvalue weighted by Gasteiger charge is -2.20. The molecule has 0 saturated heterocycles. The molecular formula is C30H33F9N2O8S2. The lowest BCUT2D eigenvalue weighted by Crippen LogP contribution is -2.31. The summed E-state index contributed by atoms with van der Waals surface area (Å²) in [6, 6.07) is 0. The maximum atomic E-state index is 12.6. The molecule has 2 amide bonds. The van der Waals surface area contributed by atoms with E-state index in [9.17, 15) is 63.8 Å². The highest BCUT2D eigenvalue weighted by molar-refractivity contribution is 7.17. The Balaban J connectivity index is 0.000000302. The average molecular weight is 785 g/mol. The fourth-order valence-electron chi connectivity index (χ4n) is 4.78. The van der Waals surface area contributed by atoms with E-state index in [1.807, 2.05) is 5.32 Å². The number of carbonyl (C=O) groups excluding carboxylic acids is 3. The predicted molar refractivity (Wildman–Crippen MR) is 166 cm³/mol. The second kappa shape index (κ2) is 17.1. The summed E-state index contributed by atoms with van der Waals surface area (Å²) in [5.41, 5.74) is 0.387. The molecule has 0 atom stereocenters. The number of hydrogen-bond acceptors (Lipinski definition) is 8. The molecular weight excluding hydrogens is 751 g/mol. The van der Waals surface area contributed by atoms with Gasteiger partial charge >= 0.3 is 48.3 Å². The van der Waals surface area contributed by atoms with Gasteiger partial charge in [0, 0.05) is 9.75 Å². The number of aryl methyl sites for hydroxylation is 2. The van der Waals surface area contributed by atoms with Crippen LogP contribution in [-0.4, -0.2) is 64.1 Å². The molecule has 0 aromatic carbocycles. The summed E-state index contributed by atoms with van der Waals surface area (Å²) in [5, 5.41) is 19.6. The van der Waals surface area contributed by atoms with Crippen LogP contribution < -0.4 is 10.6 Å². The molecule has 51 heavy (non-hydrogen) atoms. The Kier molecular flexibility index (Phi) is 14.5. The molecule has 2 heterocycles. The van der Waals surface area contributed by atoms with Gasteiger partial charge in [0.15, 0.2) is 0 Å². The highest BCUT2D eigenvalue weighted by atomic mass is 32.1. The monoisotopic (exact) mass is 784 g/mol. The van der Waals surface area contributed by atoms with Gasteiger partial charge < -0.3 is 25.6 Å². The third kappa shape index (κ3) is 13.0. The molecule has 2 aromatic rings. The standard InChI is InChI=1S/C16H20F3NO3S.C12H12F3NO3S.C2HF3O2/c1-15(2,3)23-13(21)11-9-7-5-4-6-8-10(9)24-12(11)20-14(22)16(17,18)19;13-12(14,15)11(19)16-9-8(10(17)18)6-4-2-1-3-5-7(6)20-9;3-2(4,5)1(6)7/h4-8H2,1-3H3,(H,20,22);1-5H2,(H,16,19)(H,17,18);(H,6,7). The van der Waals surface area contributed by atoms with Gasteiger partial charge in [0.25, 0.3) is 0 Å². The maximum Gasteiger partial charge on any atom is 0.490 e. The number of halogens is 9. The number of rotatable bonds is 4. The molecule has 4 N–H and O–H groups in total. The van der Waals surface area contributed by atoms with Crippen molar-refractivity contribution in [1.82, 2.24) is 0 Å². The number of thiophene rings is 2. The first-order valence-electron chi connectivity index (χ1n) is 15.1. The quantitative estimate of drug-likeness (QED) is 0.137. The zero-order valence-electron chi connectivity index (χ0n) is 27.1. The first kappa shape index (κ1) is 43.3. The van der Waals surface area contributed by atoms with Crippen LogP contribution in [-0.2, 0) is 44.8 Å². The van der Waals surface area contributed by atoms with Crippen molar-refractivity contribution in [3.8, 4) is 0 Å². The summed E-state index contributed by atoms with van der Waals surface area (Å²) < 4.78 is 112. The van der Waals surface area contributed by atoms with Gasteiger partial charge in [-0.2, -0.15) is 39.5 Å². The molecule has 2 aliphatic rings. The van der Waals surface area contributed by atoms with Gasteiger partial charge in [0.05, 0.1) is 11.1 Å². The Morgan fingerprint density at radius 1 is 0.588 bits per heavy atom. The number of hydrogen-bond donors (Lipinski definition) is 4. The van der Waals surface area contributed by atoms with Crippen molar-refractivity contribution < 1.29 is 78.4 Å². The molecule has 4 rings (SSSR count). The zero-order valence-corrected chi connectivity index (χ0v) is 28.8. The van der Waals surface area contributed by atoms with Crippen molar-refractivity contribution in [1.29, 1.82) is 0 Å². The number of aliphatic carboxylic acids is 1. The highest BCUT2D eigenvalue weighted by Crippen LogP contribution is 2.40. The normalized spacial score (nSPS) is 14.8. The summed E-state index contributed by atoms with van der Waals surface area (Å²) >= 11 is 1.98. The number of carboxylic acid groups (broad SMARTS) is 2. The van der Waals surface area contributed by atoms with E-state index in [4.69, 9.17) is 14.6 Å². The van der Waals surface area contributed by atoms with Crippen molar-refractivity contribution in [3.63, 3.8) is 0 Å². The van der Waals surface area contributed by atoms with E-state index in [-0.39, 0.29) is 21.1 Å². The number of anilines is 2. The van der Waals surface area contributed by atoms with Gasteiger partial charge in [0.1, 0.15) is 15.6 Å². The molecule has 2 aliphatic carbocycles. The lowest BCUT2D eigenvalue weighted by atomic mass is 10.1. The third-order valence-electron chi connectivity index (χ3n) is 6.87. The fourth-order valence-corrected chi connectivity index (χ4v) is 7.33. The van der Waals surface area contributed by atoms with Crippen LogP contribution in [0.3, 0.4) is 0 Å². The van der Waals surface area contributed by atoms with E-state index >= 15 is 0 Å². The van der Waals surface area contributed by atoms with Crippen LogP contribution in [0.1, 0.15) is 101 Å². The van der Waals surface area contributed by atoms with E-state index in [0.717, 1.165) is 71.0 Å². The van der Waals surface area contributed by atoms with Gasteiger partial charge in [-0.1, -0.05) is 12.8 Å². The van der Waals surface area contributed by atoms with Crippen molar-refractivity contribution in [2.45, 2.75) is 109 Å². The Hall–Kier alpha value is -3.88. The van der Waals surface area contributed by atoms with Gasteiger partial charge in [-0.25, -0.2) is 14.4 Å². The Bertz CT molecular complexity index is 1600. The number of alkyl halides is 9. The number of carboxylic acids is 2. The molecule has 21 heteroatoms. The number of nitrogens with one attached hydrogen (secondary N) is 2. The molecule has 0 unspecified atom stereocenters. The number of aromatic carboxylic acids is 1. The number of amides is 2. The number of esters is 1. The van der Waals surface area contributed by atoms with Crippen LogP contribution in [0.25, 0.3) is 0 Å². The minimum absolute atomic E-state index is 0.0709. The first-order chi connectivity index (χ1) is 23.2. The third-order valence-corrected chi connectivity index (χ3v) is 9.29. The minimum atomic E-state index is -5.08. The van der Waals surface area contributed by atoms with Crippen molar-refractivity contribution in [2.24, 2.45) is 0 Å². The van der Waals surface area contributed by atoms with Crippen LogP contribution in [0, 0.1) is 0 Å². The molecule has 0 fully saturated rings. The molecule has 0 saturated carbocycles.